The Hall–Kier alpha value is -1.33. The summed E-state index contributed by atoms with van der Waals surface area (Å²) in [5, 5.41) is 1.15. The van der Waals surface area contributed by atoms with Crippen LogP contribution in [0.3, 0.4) is 0 Å². The molecule has 0 unspecified atom stereocenters. The van der Waals surface area contributed by atoms with E-state index in [0.29, 0.717) is 0 Å². The molecule has 2 aromatic heterocycles. The zero-order valence-electron chi connectivity index (χ0n) is 14.1. The van der Waals surface area contributed by atoms with Gasteiger partial charge in [-0.05, 0) is 25.8 Å². The minimum absolute atomic E-state index is 0.00266. The fourth-order valence-electron chi connectivity index (χ4n) is 2.78. The van der Waals surface area contributed by atoms with Crippen LogP contribution < -0.4 is 0 Å². The van der Waals surface area contributed by atoms with Gasteiger partial charge in [0.2, 0.25) is 0 Å². The van der Waals surface area contributed by atoms with E-state index in [1.165, 1.54) is 21.8 Å². The molecule has 0 bridgehead atoms. The first-order chi connectivity index (χ1) is 10.3. The van der Waals surface area contributed by atoms with Crippen LogP contribution in [0.25, 0.3) is 0 Å². The van der Waals surface area contributed by atoms with E-state index in [4.69, 9.17) is 4.98 Å². The molecule has 0 amide bonds. The van der Waals surface area contributed by atoms with Crippen LogP contribution in [0.4, 0.5) is 0 Å². The van der Waals surface area contributed by atoms with Gasteiger partial charge >= 0.3 is 0 Å². The molecule has 1 aliphatic heterocycles. The molecule has 0 atom stereocenters. The van der Waals surface area contributed by atoms with Gasteiger partial charge in [0.25, 0.3) is 0 Å². The van der Waals surface area contributed by atoms with Crippen LogP contribution in [-0.4, -0.2) is 26.4 Å². The molecule has 5 heteroatoms. The van der Waals surface area contributed by atoms with E-state index >= 15 is 0 Å². The minimum Gasteiger partial charge on any atom is -0.292 e. The summed E-state index contributed by atoms with van der Waals surface area (Å²) in [5.41, 5.74) is 3.68. The van der Waals surface area contributed by atoms with Gasteiger partial charge in [-0.3, -0.25) is 4.90 Å². The first-order valence-corrected chi connectivity index (χ1v) is 8.65. The third kappa shape index (κ3) is 3.20. The Morgan fingerprint density at radius 2 is 2.00 bits per heavy atom. The molecule has 0 aliphatic carbocycles. The summed E-state index contributed by atoms with van der Waals surface area (Å²) in [5.74, 6) is 0.943. The van der Waals surface area contributed by atoms with Crippen LogP contribution in [0.2, 0.25) is 0 Å². The molecule has 0 saturated heterocycles. The molecule has 0 N–H and O–H groups in total. The Morgan fingerprint density at radius 3 is 2.64 bits per heavy atom. The zero-order valence-corrected chi connectivity index (χ0v) is 14.9. The summed E-state index contributed by atoms with van der Waals surface area (Å²) in [4.78, 5) is 17.8. The van der Waals surface area contributed by atoms with Crippen molar-refractivity contribution in [1.29, 1.82) is 0 Å². The third-order valence-electron chi connectivity index (χ3n) is 4.06. The van der Waals surface area contributed by atoms with E-state index in [1.54, 1.807) is 0 Å². The number of aryl methyl sites for hydroxylation is 2. The van der Waals surface area contributed by atoms with Crippen molar-refractivity contribution >= 4 is 11.3 Å². The van der Waals surface area contributed by atoms with Crippen molar-refractivity contribution in [2.75, 3.05) is 6.54 Å². The van der Waals surface area contributed by atoms with Crippen LogP contribution in [0, 0.1) is 13.8 Å². The second kappa shape index (κ2) is 5.70. The number of thiazole rings is 1. The monoisotopic (exact) mass is 316 g/mol. The lowest BCUT2D eigenvalue weighted by Gasteiger charge is -2.28. The summed E-state index contributed by atoms with van der Waals surface area (Å²) in [6, 6.07) is 0. The summed E-state index contributed by atoms with van der Waals surface area (Å²) < 4.78 is 0. The van der Waals surface area contributed by atoms with Crippen molar-refractivity contribution in [3.63, 3.8) is 0 Å². The van der Waals surface area contributed by atoms with Crippen molar-refractivity contribution in [3.8, 4) is 0 Å². The molecule has 3 rings (SSSR count). The van der Waals surface area contributed by atoms with Crippen molar-refractivity contribution in [2.45, 2.75) is 59.5 Å². The van der Waals surface area contributed by atoms with Crippen molar-refractivity contribution in [3.05, 3.63) is 38.9 Å². The predicted molar refractivity (Wildman–Crippen MR) is 90.1 cm³/mol. The highest BCUT2D eigenvalue weighted by molar-refractivity contribution is 7.11. The van der Waals surface area contributed by atoms with Gasteiger partial charge in [-0.2, -0.15) is 0 Å². The van der Waals surface area contributed by atoms with E-state index in [2.05, 4.69) is 49.5 Å². The van der Waals surface area contributed by atoms with Crippen LogP contribution in [-0.2, 0) is 24.9 Å². The predicted octanol–water partition coefficient (Wildman–Crippen LogP) is 3.41. The summed E-state index contributed by atoms with van der Waals surface area (Å²) in [6.45, 7) is 13.6. The summed E-state index contributed by atoms with van der Waals surface area (Å²) in [7, 11) is 0. The van der Waals surface area contributed by atoms with Gasteiger partial charge < -0.3 is 0 Å². The average Bonchev–Trinajstić information content (AvgIpc) is 2.75. The molecular weight excluding hydrogens is 292 g/mol. The van der Waals surface area contributed by atoms with Crippen LogP contribution in [0.5, 0.6) is 0 Å². The highest BCUT2D eigenvalue weighted by Crippen LogP contribution is 2.25. The summed E-state index contributed by atoms with van der Waals surface area (Å²) in [6.07, 6.45) is 3.07. The zero-order chi connectivity index (χ0) is 15.9. The van der Waals surface area contributed by atoms with Gasteiger partial charge in [0.1, 0.15) is 5.82 Å². The smallest absolute Gasteiger partial charge is 0.133 e. The Kier molecular flexibility index (Phi) is 4.03. The maximum absolute atomic E-state index is 4.84. The quantitative estimate of drug-likeness (QED) is 0.851. The Bertz CT molecular complexity index is 684. The Balaban J connectivity index is 1.79. The largest absolute Gasteiger partial charge is 0.292 e. The normalized spacial score (nSPS) is 15.9. The molecule has 22 heavy (non-hydrogen) atoms. The Morgan fingerprint density at radius 1 is 1.23 bits per heavy atom. The number of nitrogens with zero attached hydrogens (tertiary/aromatic N) is 4. The second-order valence-corrected chi connectivity index (χ2v) is 8.41. The number of hydrogen-bond donors (Lipinski definition) is 0. The fraction of sp³-hybridized carbons (Fsp3) is 0.588. The molecule has 0 fully saturated rings. The standard InChI is InChI=1S/C17H24N4S/c1-11-15(22-12(2)19-11)10-21-7-6-13-8-18-16(17(3,4)5)20-14(13)9-21/h8H,6-7,9-10H2,1-5H3. The molecule has 0 spiro atoms. The second-order valence-electron chi connectivity index (χ2n) is 7.12. The van der Waals surface area contributed by atoms with Crippen LogP contribution in [0.1, 0.15) is 53.4 Å². The SMILES string of the molecule is Cc1nc(C)c(CN2CCc3cnc(C(C)(C)C)nc3C2)s1. The highest BCUT2D eigenvalue weighted by atomic mass is 32.1. The van der Waals surface area contributed by atoms with Crippen molar-refractivity contribution < 1.29 is 0 Å². The lowest BCUT2D eigenvalue weighted by atomic mass is 9.95. The van der Waals surface area contributed by atoms with Crippen molar-refractivity contribution in [2.24, 2.45) is 0 Å². The molecule has 0 saturated carbocycles. The highest BCUT2D eigenvalue weighted by Gasteiger charge is 2.23. The van der Waals surface area contributed by atoms with E-state index in [9.17, 15) is 0 Å². The molecule has 0 aromatic carbocycles. The Labute approximate surface area is 136 Å². The number of aromatic nitrogens is 3. The molecule has 4 nitrogen and oxygen atoms in total. The maximum Gasteiger partial charge on any atom is 0.133 e. The lowest BCUT2D eigenvalue weighted by molar-refractivity contribution is 0.241. The van der Waals surface area contributed by atoms with Gasteiger partial charge in [0.15, 0.2) is 0 Å². The third-order valence-corrected chi connectivity index (χ3v) is 5.12. The van der Waals surface area contributed by atoms with Crippen LogP contribution >= 0.6 is 11.3 Å². The number of fused-ring (bicyclic) bond motifs is 1. The number of rotatable bonds is 2. The lowest BCUT2D eigenvalue weighted by Crippen LogP contribution is -2.32. The topological polar surface area (TPSA) is 41.9 Å². The molecular formula is C17H24N4S. The van der Waals surface area contributed by atoms with Gasteiger partial charge in [-0.1, -0.05) is 20.8 Å². The first kappa shape index (κ1) is 15.6. The molecule has 2 aromatic rings. The first-order valence-electron chi connectivity index (χ1n) is 7.83. The van der Waals surface area contributed by atoms with E-state index in [-0.39, 0.29) is 5.41 Å². The van der Waals surface area contributed by atoms with E-state index in [1.807, 2.05) is 17.5 Å². The maximum atomic E-state index is 4.84. The summed E-state index contributed by atoms with van der Waals surface area (Å²) >= 11 is 1.81. The van der Waals surface area contributed by atoms with Gasteiger partial charge in [-0.25, -0.2) is 15.0 Å². The average molecular weight is 316 g/mol. The molecule has 0 radical (unpaired) electrons. The molecule has 118 valence electrons. The van der Waals surface area contributed by atoms with Gasteiger partial charge in [-0.15, -0.1) is 11.3 Å². The molecule has 1 aliphatic rings. The van der Waals surface area contributed by atoms with Crippen molar-refractivity contribution in [1.82, 2.24) is 19.9 Å². The van der Waals surface area contributed by atoms with Crippen LogP contribution in [0.15, 0.2) is 6.20 Å². The van der Waals surface area contributed by atoms with E-state index in [0.717, 1.165) is 36.9 Å². The van der Waals surface area contributed by atoms with Gasteiger partial charge in [0.05, 0.1) is 16.4 Å². The van der Waals surface area contributed by atoms with E-state index < -0.39 is 0 Å². The molecule has 3 heterocycles. The number of hydrogen-bond acceptors (Lipinski definition) is 5. The fourth-order valence-corrected chi connectivity index (χ4v) is 3.76. The minimum atomic E-state index is 0.00266. The van der Waals surface area contributed by atoms with Gasteiger partial charge in [0, 0.05) is 36.1 Å².